The zero-order chi connectivity index (χ0) is 19.5. The predicted octanol–water partition coefficient (Wildman–Crippen LogP) is 1.90. The number of benzene rings is 1. The molecule has 0 aliphatic carbocycles. The van der Waals surface area contributed by atoms with Crippen LogP contribution in [0.2, 0.25) is 0 Å². The van der Waals surface area contributed by atoms with Crippen molar-refractivity contribution in [3.8, 4) is 0 Å². The summed E-state index contributed by atoms with van der Waals surface area (Å²) in [6.07, 6.45) is 0. The van der Waals surface area contributed by atoms with Crippen LogP contribution in [-0.4, -0.2) is 31.4 Å². The number of amides is 1. The van der Waals surface area contributed by atoms with Crippen molar-refractivity contribution in [3.05, 3.63) is 53.0 Å². The number of aromatic carboxylic acids is 1. The van der Waals surface area contributed by atoms with Gasteiger partial charge in [0.05, 0.1) is 11.4 Å². The minimum absolute atomic E-state index is 0.0158. The average molecular weight is 380 g/mol. The smallest absolute Gasteiger partial charge is 0.339 e. The molecule has 0 unspecified atom stereocenters. The Morgan fingerprint density at radius 2 is 1.81 bits per heavy atom. The Balaban J connectivity index is 2.04. The van der Waals surface area contributed by atoms with Crippen LogP contribution in [0.4, 0.5) is 0 Å². The summed E-state index contributed by atoms with van der Waals surface area (Å²) in [5, 5.41) is 11.6. The molecule has 2 rings (SSSR count). The minimum Gasteiger partial charge on any atom is -0.478 e. The van der Waals surface area contributed by atoms with Crippen molar-refractivity contribution >= 4 is 21.9 Å². The SMILES string of the molecule is Cc1oc(CNC(=O)c2ccc(S(=O)(=O)NC(C)C)cc2)cc1C(=O)O. The van der Waals surface area contributed by atoms with Gasteiger partial charge in [0.1, 0.15) is 17.1 Å². The molecule has 0 bridgehead atoms. The van der Waals surface area contributed by atoms with E-state index in [1.54, 1.807) is 13.8 Å². The molecule has 1 amide bonds. The first-order valence-electron chi connectivity index (χ1n) is 7.83. The fourth-order valence-electron chi connectivity index (χ4n) is 2.28. The highest BCUT2D eigenvalue weighted by molar-refractivity contribution is 7.89. The third-order valence-corrected chi connectivity index (χ3v) is 5.11. The van der Waals surface area contributed by atoms with Crippen molar-refractivity contribution in [2.75, 3.05) is 0 Å². The molecule has 140 valence electrons. The third kappa shape index (κ3) is 4.70. The molecule has 2 aromatic rings. The fraction of sp³-hybridized carbons (Fsp3) is 0.294. The number of carbonyl (C=O) groups excluding carboxylic acids is 1. The molecule has 8 nitrogen and oxygen atoms in total. The quantitative estimate of drug-likeness (QED) is 0.674. The highest BCUT2D eigenvalue weighted by atomic mass is 32.2. The molecular weight excluding hydrogens is 360 g/mol. The molecule has 3 N–H and O–H groups in total. The second-order valence-electron chi connectivity index (χ2n) is 5.97. The summed E-state index contributed by atoms with van der Waals surface area (Å²) >= 11 is 0. The lowest BCUT2D eigenvalue weighted by atomic mass is 10.2. The van der Waals surface area contributed by atoms with Gasteiger partial charge in [-0.15, -0.1) is 0 Å². The van der Waals surface area contributed by atoms with E-state index in [1.165, 1.54) is 37.3 Å². The largest absolute Gasteiger partial charge is 0.478 e. The maximum atomic E-state index is 12.1. The van der Waals surface area contributed by atoms with Crippen LogP contribution in [0.1, 0.15) is 46.1 Å². The lowest BCUT2D eigenvalue weighted by molar-refractivity contribution is 0.0694. The van der Waals surface area contributed by atoms with Gasteiger partial charge in [0.25, 0.3) is 5.91 Å². The predicted molar refractivity (Wildman–Crippen MR) is 93.5 cm³/mol. The molecule has 0 fully saturated rings. The number of hydrogen-bond donors (Lipinski definition) is 3. The van der Waals surface area contributed by atoms with E-state index >= 15 is 0 Å². The second-order valence-corrected chi connectivity index (χ2v) is 7.68. The maximum Gasteiger partial charge on any atom is 0.339 e. The van der Waals surface area contributed by atoms with Gasteiger partial charge in [-0.25, -0.2) is 17.9 Å². The first-order valence-corrected chi connectivity index (χ1v) is 9.31. The zero-order valence-electron chi connectivity index (χ0n) is 14.6. The van der Waals surface area contributed by atoms with Gasteiger partial charge >= 0.3 is 5.97 Å². The van der Waals surface area contributed by atoms with E-state index in [1.807, 2.05) is 0 Å². The van der Waals surface area contributed by atoms with Crippen LogP contribution in [0.25, 0.3) is 0 Å². The Labute approximate surface area is 151 Å². The zero-order valence-corrected chi connectivity index (χ0v) is 15.4. The van der Waals surface area contributed by atoms with E-state index in [0.29, 0.717) is 5.76 Å². The lowest BCUT2D eigenvalue weighted by Gasteiger charge is -2.10. The highest BCUT2D eigenvalue weighted by Crippen LogP contribution is 2.15. The van der Waals surface area contributed by atoms with Gasteiger partial charge < -0.3 is 14.8 Å². The molecule has 1 heterocycles. The number of aryl methyl sites for hydroxylation is 1. The Morgan fingerprint density at radius 1 is 1.19 bits per heavy atom. The van der Waals surface area contributed by atoms with E-state index in [4.69, 9.17) is 9.52 Å². The molecule has 0 radical (unpaired) electrons. The van der Waals surface area contributed by atoms with Gasteiger partial charge in [-0.2, -0.15) is 0 Å². The van der Waals surface area contributed by atoms with Crippen LogP contribution < -0.4 is 10.0 Å². The molecule has 1 aromatic heterocycles. The summed E-state index contributed by atoms with van der Waals surface area (Å²) in [5.41, 5.74) is 0.316. The van der Waals surface area contributed by atoms with Crippen molar-refractivity contribution in [2.24, 2.45) is 0 Å². The highest BCUT2D eigenvalue weighted by Gasteiger charge is 2.17. The normalized spacial score (nSPS) is 11.5. The number of nitrogens with one attached hydrogen (secondary N) is 2. The summed E-state index contributed by atoms with van der Waals surface area (Å²) < 4.78 is 31.8. The van der Waals surface area contributed by atoms with Crippen molar-refractivity contribution in [1.29, 1.82) is 0 Å². The molecule has 1 aromatic carbocycles. The monoisotopic (exact) mass is 380 g/mol. The van der Waals surface area contributed by atoms with Crippen molar-refractivity contribution in [3.63, 3.8) is 0 Å². The van der Waals surface area contributed by atoms with E-state index in [9.17, 15) is 18.0 Å². The first kappa shape index (κ1) is 19.7. The summed E-state index contributed by atoms with van der Waals surface area (Å²) in [6, 6.07) is 6.61. The molecule has 9 heteroatoms. The number of sulfonamides is 1. The summed E-state index contributed by atoms with van der Waals surface area (Å²) in [7, 11) is -3.62. The molecule has 0 aliphatic heterocycles. The van der Waals surface area contributed by atoms with Gasteiger partial charge in [-0.3, -0.25) is 4.79 Å². The number of carboxylic acid groups (broad SMARTS) is 1. The van der Waals surface area contributed by atoms with E-state index in [-0.39, 0.29) is 34.4 Å². The first-order chi connectivity index (χ1) is 12.1. The average Bonchev–Trinajstić information content (AvgIpc) is 2.92. The Hall–Kier alpha value is -2.65. The molecule has 0 saturated carbocycles. The van der Waals surface area contributed by atoms with Crippen LogP contribution in [0.5, 0.6) is 0 Å². The van der Waals surface area contributed by atoms with Gasteiger partial charge in [0, 0.05) is 11.6 Å². The van der Waals surface area contributed by atoms with Gasteiger partial charge in [0.15, 0.2) is 0 Å². The molecule has 0 saturated heterocycles. The van der Waals surface area contributed by atoms with Crippen LogP contribution in [0.15, 0.2) is 39.6 Å². The molecule has 26 heavy (non-hydrogen) atoms. The maximum absolute atomic E-state index is 12.1. The Kier molecular flexibility index (Phi) is 5.83. The van der Waals surface area contributed by atoms with Crippen LogP contribution in [0, 0.1) is 6.92 Å². The summed E-state index contributed by atoms with van der Waals surface area (Å²) in [5.74, 6) is -0.963. The van der Waals surface area contributed by atoms with Crippen LogP contribution >= 0.6 is 0 Å². The number of furan rings is 1. The van der Waals surface area contributed by atoms with Crippen molar-refractivity contribution < 1.29 is 27.5 Å². The third-order valence-electron chi connectivity index (χ3n) is 3.44. The van der Waals surface area contributed by atoms with Gasteiger partial charge in [0.2, 0.25) is 10.0 Å². The topological polar surface area (TPSA) is 126 Å². The molecule has 0 spiro atoms. The minimum atomic E-state index is -3.62. The number of carboxylic acids is 1. The standard InChI is InChI=1S/C17H20N2O6S/c1-10(2)19-26(23,24)14-6-4-12(5-7-14)16(20)18-9-13-8-15(17(21)22)11(3)25-13/h4-8,10,19H,9H2,1-3H3,(H,18,20)(H,21,22). The lowest BCUT2D eigenvalue weighted by Crippen LogP contribution is -2.30. The summed E-state index contributed by atoms with van der Waals surface area (Å²) in [4.78, 5) is 23.2. The molecular formula is C17H20N2O6S. The van der Waals surface area contributed by atoms with Gasteiger partial charge in [-0.1, -0.05) is 0 Å². The molecule has 0 atom stereocenters. The van der Waals surface area contributed by atoms with Crippen molar-refractivity contribution in [1.82, 2.24) is 10.0 Å². The number of rotatable bonds is 7. The van der Waals surface area contributed by atoms with Crippen LogP contribution in [-0.2, 0) is 16.6 Å². The summed E-state index contributed by atoms with van der Waals surface area (Å²) in [6.45, 7) is 4.97. The van der Waals surface area contributed by atoms with Crippen LogP contribution in [0.3, 0.4) is 0 Å². The van der Waals surface area contributed by atoms with Crippen molar-refractivity contribution in [2.45, 2.75) is 38.3 Å². The van der Waals surface area contributed by atoms with E-state index in [2.05, 4.69) is 10.0 Å². The van der Waals surface area contributed by atoms with E-state index < -0.39 is 21.9 Å². The second kappa shape index (κ2) is 7.71. The van der Waals surface area contributed by atoms with Gasteiger partial charge in [-0.05, 0) is 51.1 Å². The fourth-order valence-corrected chi connectivity index (χ4v) is 3.53. The number of hydrogen-bond acceptors (Lipinski definition) is 5. The molecule has 0 aliphatic rings. The number of carbonyl (C=O) groups is 2. The Bertz CT molecular complexity index is 913. The Morgan fingerprint density at radius 3 is 2.31 bits per heavy atom. The van der Waals surface area contributed by atoms with E-state index in [0.717, 1.165) is 0 Å².